The number of methoxy groups -OCH3 is 1. The zero-order valence-corrected chi connectivity index (χ0v) is 10.7. The highest BCUT2D eigenvalue weighted by Crippen LogP contribution is 2.26. The third-order valence-corrected chi connectivity index (χ3v) is 3.73. The van der Waals surface area contributed by atoms with Crippen molar-refractivity contribution in [2.45, 2.75) is 0 Å². The second kappa shape index (κ2) is 5.56. The molecule has 0 unspecified atom stereocenters. The molecule has 1 aromatic rings. The standard InChI is InChI=1S/C12H13F2NO2S/c1-17-11-8(2-3-9(13)10(11)14)12(16)15-4-6-18-7-5-15/h2-3H,4-7H2,1H3. The number of carbonyl (C=O) groups excluding carboxylic acids is 1. The molecule has 1 heterocycles. The van der Waals surface area contributed by atoms with Crippen LogP contribution in [0.25, 0.3) is 0 Å². The molecule has 1 saturated heterocycles. The molecule has 1 aliphatic heterocycles. The van der Waals surface area contributed by atoms with Gasteiger partial charge >= 0.3 is 0 Å². The first-order chi connectivity index (χ1) is 8.65. The SMILES string of the molecule is COc1c(C(=O)N2CCSCC2)ccc(F)c1F. The highest BCUT2D eigenvalue weighted by molar-refractivity contribution is 7.99. The van der Waals surface area contributed by atoms with Gasteiger partial charge in [-0.15, -0.1) is 0 Å². The van der Waals surface area contributed by atoms with Crippen molar-refractivity contribution in [2.24, 2.45) is 0 Å². The molecule has 6 heteroatoms. The summed E-state index contributed by atoms with van der Waals surface area (Å²) in [4.78, 5) is 13.8. The Labute approximate surface area is 108 Å². The summed E-state index contributed by atoms with van der Waals surface area (Å²) in [5, 5.41) is 0. The summed E-state index contributed by atoms with van der Waals surface area (Å²) in [5.41, 5.74) is 0.0725. The summed E-state index contributed by atoms with van der Waals surface area (Å²) >= 11 is 1.77. The van der Waals surface area contributed by atoms with Crippen LogP contribution >= 0.6 is 11.8 Å². The Morgan fingerprint density at radius 2 is 2.00 bits per heavy atom. The van der Waals surface area contributed by atoms with Gasteiger partial charge in [0, 0.05) is 24.6 Å². The Hall–Kier alpha value is -1.30. The molecule has 98 valence electrons. The van der Waals surface area contributed by atoms with Crippen molar-refractivity contribution in [3.05, 3.63) is 29.3 Å². The van der Waals surface area contributed by atoms with Gasteiger partial charge in [0.15, 0.2) is 11.6 Å². The van der Waals surface area contributed by atoms with Crippen molar-refractivity contribution in [3.63, 3.8) is 0 Å². The molecule has 0 saturated carbocycles. The Balaban J connectivity index is 2.32. The second-order valence-corrected chi connectivity index (χ2v) is 5.07. The molecule has 2 rings (SSSR count). The first-order valence-electron chi connectivity index (χ1n) is 5.54. The molecule has 0 aliphatic carbocycles. The number of hydrogen-bond donors (Lipinski definition) is 0. The van der Waals surface area contributed by atoms with Crippen LogP contribution in [0.5, 0.6) is 5.75 Å². The number of rotatable bonds is 2. The molecule has 18 heavy (non-hydrogen) atoms. The molecular formula is C12H13F2NO2S. The van der Waals surface area contributed by atoms with Crippen LogP contribution in [-0.4, -0.2) is 42.5 Å². The zero-order valence-electron chi connectivity index (χ0n) is 9.91. The number of thioether (sulfide) groups is 1. The molecule has 1 aromatic carbocycles. The van der Waals surface area contributed by atoms with Crippen LogP contribution in [0.4, 0.5) is 8.78 Å². The smallest absolute Gasteiger partial charge is 0.257 e. The topological polar surface area (TPSA) is 29.5 Å². The molecule has 1 fully saturated rings. The lowest BCUT2D eigenvalue weighted by molar-refractivity contribution is 0.0768. The molecule has 0 atom stereocenters. The average molecular weight is 273 g/mol. The molecule has 0 N–H and O–H groups in total. The van der Waals surface area contributed by atoms with E-state index in [1.807, 2.05) is 0 Å². The molecular weight excluding hydrogens is 260 g/mol. The largest absolute Gasteiger partial charge is 0.493 e. The second-order valence-electron chi connectivity index (χ2n) is 3.85. The fourth-order valence-corrected chi connectivity index (χ4v) is 2.74. The van der Waals surface area contributed by atoms with E-state index in [0.29, 0.717) is 13.1 Å². The lowest BCUT2D eigenvalue weighted by Gasteiger charge is -2.27. The summed E-state index contributed by atoms with van der Waals surface area (Å²) in [6.07, 6.45) is 0. The van der Waals surface area contributed by atoms with Gasteiger partial charge in [-0.05, 0) is 12.1 Å². The van der Waals surface area contributed by atoms with Crippen LogP contribution in [0.2, 0.25) is 0 Å². The van der Waals surface area contributed by atoms with Gasteiger partial charge in [0.25, 0.3) is 5.91 Å². The van der Waals surface area contributed by atoms with Crippen LogP contribution in [-0.2, 0) is 0 Å². The Bertz CT molecular complexity index is 462. The van der Waals surface area contributed by atoms with E-state index < -0.39 is 11.6 Å². The Morgan fingerprint density at radius 1 is 1.33 bits per heavy atom. The van der Waals surface area contributed by atoms with E-state index in [9.17, 15) is 13.6 Å². The molecule has 1 amide bonds. The summed E-state index contributed by atoms with van der Waals surface area (Å²) in [6, 6.07) is 2.21. The van der Waals surface area contributed by atoms with Gasteiger partial charge < -0.3 is 9.64 Å². The van der Waals surface area contributed by atoms with Crippen LogP contribution in [0, 0.1) is 11.6 Å². The third-order valence-electron chi connectivity index (χ3n) is 2.78. The van der Waals surface area contributed by atoms with E-state index >= 15 is 0 Å². The van der Waals surface area contributed by atoms with Gasteiger partial charge in [0.05, 0.1) is 12.7 Å². The molecule has 0 bridgehead atoms. The van der Waals surface area contributed by atoms with Crippen LogP contribution in [0.15, 0.2) is 12.1 Å². The maximum atomic E-state index is 13.5. The van der Waals surface area contributed by atoms with Crippen LogP contribution in [0.3, 0.4) is 0 Å². The van der Waals surface area contributed by atoms with Gasteiger partial charge in [0.2, 0.25) is 5.82 Å². The average Bonchev–Trinajstić information content (AvgIpc) is 2.42. The molecule has 1 aliphatic rings. The minimum absolute atomic E-state index is 0.0725. The van der Waals surface area contributed by atoms with E-state index in [1.165, 1.54) is 13.2 Å². The van der Waals surface area contributed by atoms with E-state index in [-0.39, 0.29) is 17.2 Å². The Kier molecular flexibility index (Phi) is 4.06. The highest BCUT2D eigenvalue weighted by Gasteiger charge is 2.24. The quantitative estimate of drug-likeness (QED) is 0.827. The number of benzene rings is 1. The number of halogens is 2. The van der Waals surface area contributed by atoms with Gasteiger partial charge in [-0.25, -0.2) is 4.39 Å². The normalized spacial score (nSPS) is 15.6. The molecule has 0 radical (unpaired) electrons. The van der Waals surface area contributed by atoms with Gasteiger partial charge in [-0.3, -0.25) is 4.79 Å². The number of hydrogen-bond acceptors (Lipinski definition) is 3. The number of ether oxygens (including phenoxy) is 1. The zero-order chi connectivity index (χ0) is 13.1. The van der Waals surface area contributed by atoms with Crippen LogP contribution < -0.4 is 4.74 Å². The van der Waals surface area contributed by atoms with Crippen molar-refractivity contribution in [2.75, 3.05) is 31.7 Å². The number of carbonyl (C=O) groups is 1. The van der Waals surface area contributed by atoms with E-state index in [0.717, 1.165) is 17.6 Å². The lowest BCUT2D eigenvalue weighted by Crippen LogP contribution is -2.38. The minimum Gasteiger partial charge on any atom is -0.493 e. The molecule has 3 nitrogen and oxygen atoms in total. The maximum absolute atomic E-state index is 13.5. The maximum Gasteiger partial charge on any atom is 0.257 e. The summed E-state index contributed by atoms with van der Waals surface area (Å²) in [5.74, 6) is -1.05. The monoisotopic (exact) mass is 273 g/mol. The fourth-order valence-electron chi connectivity index (χ4n) is 1.84. The van der Waals surface area contributed by atoms with Crippen molar-refractivity contribution in [1.29, 1.82) is 0 Å². The fraction of sp³-hybridized carbons (Fsp3) is 0.417. The number of amides is 1. The predicted octanol–water partition coefficient (Wildman–Crippen LogP) is 2.16. The van der Waals surface area contributed by atoms with E-state index in [2.05, 4.69) is 0 Å². The molecule has 0 spiro atoms. The van der Waals surface area contributed by atoms with Crippen molar-refractivity contribution < 1.29 is 18.3 Å². The van der Waals surface area contributed by atoms with Crippen LogP contribution in [0.1, 0.15) is 10.4 Å². The predicted molar refractivity (Wildman–Crippen MR) is 66.1 cm³/mol. The number of nitrogens with zero attached hydrogens (tertiary/aromatic N) is 1. The van der Waals surface area contributed by atoms with Crippen molar-refractivity contribution in [3.8, 4) is 5.75 Å². The summed E-state index contributed by atoms with van der Waals surface area (Å²) in [7, 11) is 1.22. The van der Waals surface area contributed by atoms with Gasteiger partial charge in [-0.2, -0.15) is 16.2 Å². The first kappa shape index (κ1) is 13.1. The van der Waals surface area contributed by atoms with E-state index in [4.69, 9.17) is 4.74 Å². The third kappa shape index (κ3) is 2.43. The Morgan fingerprint density at radius 3 is 2.61 bits per heavy atom. The summed E-state index contributed by atoms with van der Waals surface area (Å²) < 4.78 is 31.4. The molecule has 0 aromatic heterocycles. The lowest BCUT2D eigenvalue weighted by atomic mass is 10.1. The van der Waals surface area contributed by atoms with Gasteiger partial charge in [-0.1, -0.05) is 0 Å². The van der Waals surface area contributed by atoms with E-state index in [1.54, 1.807) is 16.7 Å². The van der Waals surface area contributed by atoms with Crippen molar-refractivity contribution in [1.82, 2.24) is 4.90 Å². The first-order valence-corrected chi connectivity index (χ1v) is 6.69. The minimum atomic E-state index is -1.12. The summed E-state index contributed by atoms with van der Waals surface area (Å²) in [6.45, 7) is 1.23. The van der Waals surface area contributed by atoms with Crippen molar-refractivity contribution >= 4 is 17.7 Å². The highest BCUT2D eigenvalue weighted by atomic mass is 32.2. The van der Waals surface area contributed by atoms with Gasteiger partial charge in [0.1, 0.15) is 0 Å².